The largest absolute Gasteiger partial charge is 0.326 e. The molecule has 4 N–H and O–H groups in total. The highest BCUT2D eigenvalue weighted by Crippen LogP contribution is 2.34. The van der Waals surface area contributed by atoms with Crippen molar-refractivity contribution < 1.29 is 36.7 Å². The van der Waals surface area contributed by atoms with Gasteiger partial charge in [-0.2, -0.15) is 0 Å². The normalized spacial score (nSPS) is 10.3. The standard InChI is InChI=1S/2C14H7Cl3F2N2O2/c2*15-6-4-7(16)12(17)10(5-6)20-14(23)21-13(22)11-8(18)2-1-3-9(11)19/h2*1-5H,(H2,20,21,22,23). The Morgan fingerprint density at radius 2 is 0.804 bits per heavy atom. The van der Waals surface area contributed by atoms with Crippen molar-refractivity contribution in [2.75, 3.05) is 10.6 Å². The minimum atomic E-state index is -1.25. The van der Waals surface area contributed by atoms with E-state index in [2.05, 4.69) is 10.6 Å². The smallest absolute Gasteiger partial charge is 0.306 e. The van der Waals surface area contributed by atoms with Gasteiger partial charge in [-0.15, -0.1) is 0 Å². The summed E-state index contributed by atoms with van der Waals surface area (Å²) in [5, 5.41) is 8.54. The van der Waals surface area contributed by atoms with E-state index >= 15 is 0 Å². The summed E-state index contributed by atoms with van der Waals surface area (Å²) >= 11 is 34.9. The molecule has 4 aromatic rings. The number of urea groups is 2. The van der Waals surface area contributed by atoms with Gasteiger partial charge in [-0.3, -0.25) is 20.2 Å². The van der Waals surface area contributed by atoms with Gasteiger partial charge in [-0.25, -0.2) is 27.2 Å². The Hall–Kier alpha value is -3.78. The van der Waals surface area contributed by atoms with E-state index < -0.39 is 58.3 Å². The monoisotopic (exact) mass is 756 g/mol. The van der Waals surface area contributed by atoms with Crippen LogP contribution in [0, 0.1) is 23.3 Å². The average Bonchev–Trinajstić information content (AvgIpc) is 2.94. The third-order valence-corrected chi connectivity index (χ3v) is 7.36. The summed E-state index contributed by atoms with van der Waals surface area (Å²) < 4.78 is 53.8. The van der Waals surface area contributed by atoms with Crippen LogP contribution in [0.1, 0.15) is 20.7 Å². The second-order valence-corrected chi connectivity index (χ2v) is 11.0. The first kappa shape index (κ1) is 36.7. The molecule has 0 saturated heterocycles. The molecule has 18 heteroatoms. The number of hydrogen-bond donors (Lipinski definition) is 4. The molecule has 0 unspecified atom stereocenters. The van der Waals surface area contributed by atoms with E-state index in [0.717, 1.165) is 36.4 Å². The van der Waals surface area contributed by atoms with Crippen molar-refractivity contribution >= 4 is 105 Å². The topological polar surface area (TPSA) is 116 Å². The molecule has 0 heterocycles. The van der Waals surface area contributed by atoms with Crippen LogP contribution >= 0.6 is 69.6 Å². The van der Waals surface area contributed by atoms with Gasteiger partial charge in [0.1, 0.15) is 34.4 Å². The predicted octanol–water partition coefficient (Wildman–Crippen LogP) is 9.77. The summed E-state index contributed by atoms with van der Waals surface area (Å²) in [4.78, 5) is 47.1. The third-order valence-electron chi connectivity index (χ3n) is 5.32. The molecule has 8 nitrogen and oxygen atoms in total. The molecule has 0 aliphatic rings. The summed E-state index contributed by atoms with van der Waals surface area (Å²) in [5.74, 6) is -6.89. The number of carbonyl (C=O) groups is 4. The first-order valence-electron chi connectivity index (χ1n) is 12.0. The maximum Gasteiger partial charge on any atom is 0.326 e. The molecule has 240 valence electrons. The number of nitrogens with one attached hydrogen (secondary N) is 4. The van der Waals surface area contributed by atoms with Gasteiger partial charge in [0.25, 0.3) is 11.8 Å². The van der Waals surface area contributed by atoms with Gasteiger partial charge in [0.2, 0.25) is 0 Å². The second-order valence-electron chi connectivity index (χ2n) is 8.51. The van der Waals surface area contributed by atoms with E-state index in [1.807, 2.05) is 0 Å². The van der Waals surface area contributed by atoms with Crippen LogP contribution in [-0.2, 0) is 0 Å². The van der Waals surface area contributed by atoms with E-state index in [4.69, 9.17) is 69.6 Å². The average molecular weight is 759 g/mol. The van der Waals surface area contributed by atoms with Crippen molar-refractivity contribution in [3.8, 4) is 0 Å². The molecule has 0 aromatic heterocycles. The van der Waals surface area contributed by atoms with Gasteiger partial charge in [-0.05, 0) is 48.5 Å². The van der Waals surface area contributed by atoms with E-state index in [9.17, 15) is 36.7 Å². The Balaban J connectivity index is 0.000000250. The first-order chi connectivity index (χ1) is 21.6. The Morgan fingerprint density at radius 1 is 0.500 bits per heavy atom. The highest BCUT2D eigenvalue weighted by molar-refractivity contribution is 6.46. The zero-order valence-electron chi connectivity index (χ0n) is 22.2. The summed E-state index contributed by atoms with van der Waals surface area (Å²) in [6.07, 6.45) is 0. The number of hydrogen-bond acceptors (Lipinski definition) is 4. The number of halogens is 10. The van der Waals surface area contributed by atoms with Crippen molar-refractivity contribution in [2.24, 2.45) is 0 Å². The Bertz CT molecular complexity index is 1690. The number of rotatable bonds is 4. The van der Waals surface area contributed by atoms with Crippen molar-refractivity contribution in [2.45, 2.75) is 0 Å². The zero-order chi connectivity index (χ0) is 34.3. The van der Waals surface area contributed by atoms with E-state index in [1.54, 1.807) is 10.6 Å². The molecule has 0 bridgehead atoms. The van der Waals surface area contributed by atoms with Crippen LogP contribution in [0.5, 0.6) is 0 Å². The SMILES string of the molecule is O=C(NC(=O)c1c(F)cccc1F)Nc1cc(Cl)cc(Cl)c1Cl.O=C(NC(=O)c1c(F)cccc1F)Nc1cc(Cl)cc(Cl)c1Cl. The van der Waals surface area contributed by atoms with Gasteiger partial charge in [0, 0.05) is 10.0 Å². The minimum Gasteiger partial charge on any atom is -0.306 e. The molecule has 46 heavy (non-hydrogen) atoms. The van der Waals surface area contributed by atoms with Gasteiger partial charge in [0.05, 0.1) is 31.5 Å². The van der Waals surface area contributed by atoms with Crippen LogP contribution in [0.2, 0.25) is 30.1 Å². The molecule has 0 atom stereocenters. The van der Waals surface area contributed by atoms with Gasteiger partial charge in [-0.1, -0.05) is 81.7 Å². The van der Waals surface area contributed by atoms with Gasteiger partial charge in [0.15, 0.2) is 0 Å². The number of anilines is 2. The quantitative estimate of drug-likeness (QED) is 0.123. The summed E-state index contributed by atoms with van der Waals surface area (Å²) in [6.45, 7) is 0. The lowest BCUT2D eigenvalue weighted by molar-refractivity contribution is 0.0948. The lowest BCUT2D eigenvalue weighted by Crippen LogP contribution is -2.35. The van der Waals surface area contributed by atoms with Crippen LogP contribution in [0.3, 0.4) is 0 Å². The van der Waals surface area contributed by atoms with Crippen LogP contribution in [0.15, 0.2) is 60.7 Å². The Morgan fingerprint density at radius 3 is 1.11 bits per heavy atom. The van der Waals surface area contributed by atoms with Gasteiger partial charge < -0.3 is 10.6 Å². The lowest BCUT2D eigenvalue weighted by Gasteiger charge is -2.10. The molecule has 0 radical (unpaired) electrons. The van der Waals surface area contributed by atoms with Crippen molar-refractivity contribution in [1.29, 1.82) is 0 Å². The van der Waals surface area contributed by atoms with E-state index in [1.165, 1.54) is 24.3 Å². The lowest BCUT2D eigenvalue weighted by atomic mass is 10.2. The number of amides is 6. The Kier molecular flexibility index (Phi) is 12.9. The van der Waals surface area contributed by atoms with Crippen LogP contribution < -0.4 is 21.3 Å². The number of imide groups is 2. The van der Waals surface area contributed by atoms with Crippen LogP contribution in [0.25, 0.3) is 0 Å². The minimum absolute atomic E-state index is 0.00395. The van der Waals surface area contributed by atoms with Crippen molar-refractivity contribution in [3.63, 3.8) is 0 Å². The molecular weight excluding hydrogens is 745 g/mol. The van der Waals surface area contributed by atoms with E-state index in [-0.39, 0.29) is 41.5 Å². The fourth-order valence-electron chi connectivity index (χ4n) is 3.36. The zero-order valence-corrected chi connectivity index (χ0v) is 26.7. The molecule has 4 rings (SSSR count). The molecule has 0 aliphatic carbocycles. The van der Waals surface area contributed by atoms with Crippen LogP contribution in [-0.4, -0.2) is 23.9 Å². The van der Waals surface area contributed by atoms with Crippen molar-refractivity contribution in [3.05, 3.63) is 125 Å². The summed E-state index contributed by atoms with van der Waals surface area (Å²) in [6, 6.07) is 8.94. The van der Waals surface area contributed by atoms with Crippen LogP contribution in [0.4, 0.5) is 38.5 Å². The third kappa shape index (κ3) is 9.61. The molecule has 0 fully saturated rings. The molecule has 0 aliphatic heterocycles. The fraction of sp³-hybridized carbons (Fsp3) is 0. The molecule has 4 aromatic carbocycles. The van der Waals surface area contributed by atoms with Gasteiger partial charge >= 0.3 is 12.1 Å². The van der Waals surface area contributed by atoms with E-state index in [0.29, 0.717) is 0 Å². The molecular formula is C28H14Cl6F4N4O4. The molecule has 0 saturated carbocycles. The Labute approximate surface area is 286 Å². The summed E-state index contributed by atoms with van der Waals surface area (Å²) in [7, 11) is 0. The summed E-state index contributed by atoms with van der Waals surface area (Å²) in [5.41, 5.74) is -1.69. The highest BCUT2D eigenvalue weighted by Gasteiger charge is 2.21. The predicted molar refractivity (Wildman–Crippen MR) is 169 cm³/mol. The highest BCUT2D eigenvalue weighted by atomic mass is 35.5. The molecule has 0 spiro atoms. The fourth-order valence-corrected chi connectivity index (χ4v) is 4.66. The maximum absolute atomic E-state index is 13.5. The number of carbonyl (C=O) groups excluding carboxylic acids is 4. The number of benzene rings is 4. The molecule has 6 amide bonds. The first-order valence-corrected chi connectivity index (χ1v) is 14.3. The van der Waals surface area contributed by atoms with Crippen molar-refractivity contribution in [1.82, 2.24) is 10.6 Å². The second kappa shape index (κ2) is 16.2. The maximum atomic E-state index is 13.5.